The maximum Gasteiger partial charge on any atom is 0.269 e. The van der Waals surface area contributed by atoms with E-state index >= 15 is 0 Å². The van der Waals surface area contributed by atoms with Crippen LogP contribution in [0.5, 0.6) is 0 Å². The van der Waals surface area contributed by atoms with E-state index in [1.54, 1.807) is 12.1 Å². The molecule has 0 saturated carbocycles. The second-order valence-corrected chi connectivity index (χ2v) is 6.46. The second kappa shape index (κ2) is 7.47. The first-order chi connectivity index (χ1) is 12.4. The Bertz CT molecular complexity index is 814. The fourth-order valence-electron chi connectivity index (χ4n) is 3.12. The maximum atomic E-state index is 11.2. The first-order valence-electron chi connectivity index (χ1n) is 8.55. The Labute approximate surface area is 151 Å². The zero-order valence-corrected chi connectivity index (χ0v) is 14.8. The molecule has 3 rings (SSSR count). The molecule has 1 aliphatic heterocycles. The molecule has 1 aromatic heterocycles. The molecule has 0 unspecified atom stereocenters. The summed E-state index contributed by atoms with van der Waals surface area (Å²) in [5, 5.41) is 13.8. The summed E-state index contributed by atoms with van der Waals surface area (Å²) in [6.45, 7) is 5.06. The number of non-ortho nitro benzene ring substituents is 1. The van der Waals surface area contributed by atoms with Crippen molar-refractivity contribution in [1.29, 1.82) is 0 Å². The van der Waals surface area contributed by atoms with Crippen molar-refractivity contribution in [2.45, 2.75) is 32.7 Å². The van der Waals surface area contributed by atoms with Crippen LogP contribution in [0.15, 0.2) is 30.3 Å². The van der Waals surface area contributed by atoms with Crippen molar-refractivity contribution in [1.82, 2.24) is 15.3 Å². The van der Waals surface area contributed by atoms with E-state index in [9.17, 15) is 14.9 Å². The largest absolute Gasteiger partial charge is 0.356 e. The van der Waals surface area contributed by atoms with Gasteiger partial charge in [-0.25, -0.2) is 9.97 Å². The Morgan fingerprint density at radius 2 is 1.88 bits per heavy atom. The minimum Gasteiger partial charge on any atom is -0.356 e. The number of hydrogen-bond donors (Lipinski definition) is 1. The van der Waals surface area contributed by atoms with Crippen LogP contribution in [0.4, 0.5) is 11.5 Å². The molecule has 1 amide bonds. The maximum absolute atomic E-state index is 11.2. The number of rotatable bonds is 4. The zero-order chi connectivity index (χ0) is 18.7. The molecule has 0 atom stereocenters. The van der Waals surface area contributed by atoms with Crippen molar-refractivity contribution >= 4 is 17.4 Å². The molecule has 2 aromatic rings. The van der Waals surface area contributed by atoms with Gasteiger partial charge in [-0.05, 0) is 31.9 Å². The van der Waals surface area contributed by atoms with Crippen LogP contribution < -0.4 is 10.2 Å². The number of anilines is 1. The molecule has 26 heavy (non-hydrogen) atoms. The number of benzene rings is 1. The summed E-state index contributed by atoms with van der Waals surface area (Å²) >= 11 is 0. The second-order valence-electron chi connectivity index (χ2n) is 6.46. The molecule has 1 aromatic carbocycles. The molecule has 136 valence electrons. The fraction of sp³-hybridized carbons (Fsp3) is 0.389. The molecule has 0 bridgehead atoms. The number of nitrogens with zero attached hydrogens (tertiary/aromatic N) is 4. The van der Waals surface area contributed by atoms with Crippen molar-refractivity contribution in [3.63, 3.8) is 0 Å². The minimum atomic E-state index is -0.425. The molecule has 1 saturated heterocycles. The van der Waals surface area contributed by atoms with E-state index in [4.69, 9.17) is 0 Å². The van der Waals surface area contributed by atoms with E-state index < -0.39 is 4.92 Å². The van der Waals surface area contributed by atoms with Crippen molar-refractivity contribution in [2.24, 2.45) is 0 Å². The van der Waals surface area contributed by atoms with Crippen molar-refractivity contribution in [2.75, 3.05) is 18.0 Å². The van der Waals surface area contributed by atoms with Gasteiger partial charge in [0, 0.05) is 55.5 Å². The van der Waals surface area contributed by atoms with E-state index in [1.807, 2.05) is 13.0 Å². The highest BCUT2D eigenvalue weighted by atomic mass is 16.6. The number of amides is 1. The van der Waals surface area contributed by atoms with Gasteiger partial charge in [0.2, 0.25) is 5.91 Å². The quantitative estimate of drug-likeness (QED) is 0.668. The molecule has 0 radical (unpaired) electrons. The van der Waals surface area contributed by atoms with Crippen molar-refractivity contribution < 1.29 is 9.72 Å². The summed E-state index contributed by atoms with van der Waals surface area (Å²) in [6, 6.07) is 8.40. The lowest BCUT2D eigenvalue weighted by atomic mass is 10.0. The number of hydrogen-bond acceptors (Lipinski definition) is 6. The molecule has 1 fully saturated rings. The molecule has 1 aliphatic rings. The summed E-state index contributed by atoms with van der Waals surface area (Å²) in [6.07, 6.45) is 1.74. The van der Waals surface area contributed by atoms with Crippen LogP contribution in [0.2, 0.25) is 0 Å². The highest BCUT2D eigenvalue weighted by molar-refractivity contribution is 5.73. The first-order valence-corrected chi connectivity index (χ1v) is 8.55. The van der Waals surface area contributed by atoms with Gasteiger partial charge in [0.05, 0.1) is 4.92 Å². The molecular formula is C18H21N5O3. The number of aromatic nitrogens is 2. The number of nitro benzene ring substituents is 1. The highest BCUT2D eigenvalue weighted by Crippen LogP contribution is 2.24. The van der Waals surface area contributed by atoms with Gasteiger partial charge >= 0.3 is 0 Å². The van der Waals surface area contributed by atoms with Crippen molar-refractivity contribution in [3.8, 4) is 11.4 Å². The Morgan fingerprint density at radius 3 is 2.46 bits per heavy atom. The normalized spacial score (nSPS) is 14.9. The lowest BCUT2D eigenvalue weighted by Crippen LogP contribution is -2.44. The zero-order valence-electron chi connectivity index (χ0n) is 14.8. The predicted octanol–water partition coefficient (Wildman–Crippen LogP) is 2.47. The number of nitrogens with one attached hydrogen (secondary N) is 1. The predicted molar refractivity (Wildman–Crippen MR) is 97.9 cm³/mol. The summed E-state index contributed by atoms with van der Waals surface area (Å²) in [7, 11) is 0. The SMILES string of the molecule is CC(=O)NC1CCN(c2cc(C)nc(-c3ccc([N+](=O)[O-])cc3)n2)CC1. The third kappa shape index (κ3) is 4.14. The van der Waals surface area contributed by atoms with Crippen LogP contribution in [0.3, 0.4) is 0 Å². The molecule has 8 nitrogen and oxygen atoms in total. The van der Waals surface area contributed by atoms with Gasteiger partial charge in [-0.15, -0.1) is 0 Å². The van der Waals surface area contributed by atoms with Crippen LogP contribution in [0.25, 0.3) is 11.4 Å². The Hall–Kier alpha value is -3.03. The topological polar surface area (TPSA) is 101 Å². The first kappa shape index (κ1) is 17.8. The van der Waals surface area contributed by atoms with Crippen LogP contribution in [0, 0.1) is 17.0 Å². The van der Waals surface area contributed by atoms with E-state index in [-0.39, 0.29) is 17.6 Å². The van der Waals surface area contributed by atoms with Gasteiger partial charge < -0.3 is 10.2 Å². The standard InChI is InChI=1S/C18H21N5O3/c1-12-11-17(22-9-7-15(8-10-22)20-13(2)24)21-18(19-12)14-3-5-16(6-4-14)23(25)26/h3-6,11,15H,7-10H2,1-2H3,(H,20,24). The molecule has 2 heterocycles. The monoisotopic (exact) mass is 355 g/mol. The summed E-state index contributed by atoms with van der Waals surface area (Å²) < 4.78 is 0. The molecule has 1 N–H and O–H groups in total. The number of aryl methyl sites for hydroxylation is 1. The minimum absolute atomic E-state index is 0.00166. The Balaban J connectivity index is 1.78. The van der Waals surface area contributed by atoms with E-state index in [2.05, 4.69) is 20.2 Å². The lowest BCUT2D eigenvalue weighted by molar-refractivity contribution is -0.384. The van der Waals surface area contributed by atoms with Gasteiger partial charge in [-0.1, -0.05) is 0 Å². The fourth-order valence-corrected chi connectivity index (χ4v) is 3.12. The average molecular weight is 355 g/mol. The summed E-state index contributed by atoms with van der Waals surface area (Å²) in [4.78, 5) is 32.9. The smallest absolute Gasteiger partial charge is 0.269 e. The van der Waals surface area contributed by atoms with E-state index in [1.165, 1.54) is 19.1 Å². The Morgan fingerprint density at radius 1 is 1.23 bits per heavy atom. The molecule has 8 heteroatoms. The number of carbonyl (C=O) groups excluding carboxylic acids is 1. The third-order valence-electron chi connectivity index (χ3n) is 4.40. The number of carbonyl (C=O) groups is 1. The van der Waals surface area contributed by atoms with Crippen LogP contribution in [-0.2, 0) is 4.79 Å². The average Bonchev–Trinajstić information content (AvgIpc) is 2.61. The Kier molecular flexibility index (Phi) is 5.11. The van der Waals surface area contributed by atoms with Gasteiger partial charge in [0.25, 0.3) is 5.69 Å². The van der Waals surface area contributed by atoms with Gasteiger partial charge in [-0.2, -0.15) is 0 Å². The van der Waals surface area contributed by atoms with E-state index in [0.29, 0.717) is 5.82 Å². The lowest BCUT2D eigenvalue weighted by Gasteiger charge is -2.33. The van der Waals surface area contributed by atoms with Gasteiger partial charge in [0.1, 0.15) is 5.82 Å². The third-order valence-corrected chi connectivity index (χ3v) is 4.40. The summed E-state index contributed by atoms with van der Waals surface area (Å²) in [5.74, 6) is 1.40. The number of nitro groups is 1. The molecule has 0 aliphatic carbocycles. The van der Waals surface area contributed by atoms with Crippen molar-refractivity contribution in [3.05, 3.63) is 46.1 Å². The van der Waals surface area contributed by atoms with Gasteiger partial charge in [-0.3, -0.25) is 14.9 Å². The molecule has 0 spiro atoms. The molecular weight excluding hydrogens is 334 g/mol. The highest BCUT2D eigenvalue weighted by Gasteiger charge is 2.21. The van der Waals surface area contributed by atoms with Crippen LogP contribution in [0.1, 0.15) is 25.5 Å². The summed E-state index contributed by atoms with van der Waals surface area (Å²) in [5.41, 5.74) is 1.63. The number of piperidine rings is 1. The van der Waals surface area contributed by atoms with Crippen LogP contribution >= 0.6 is 0 Å². The van der Waals surface area contributed by atoms with E-state index in [0.717, 1.165) is 43.0 Å². The van der Waals surface area contributed by atoms with Gasteiger partial charge in [0.15, 0.2) is 5.82 Å². The van der Waals surface area contributed by atoms with Crippen LogP contribution in [-0.4, -0.2) is 39.9 Å².